The Kier molecular flexibility index (Phi) is 6.09. The molecule has 0 spiro atoms. The molecule has 0 aromatic heterocycles. The van der Waals surface area contributed by atoms with Gasteiger partial charge < -0.3 is 10.1 Å². The van der Waals surface area contributed by atoms with Crippen LogP contribution in [-0.4, -0.2) is 13.7 Å². The lowest BCUT2D eigenvalue weighted by molar-refractivity contribution is 0.405. The molecule has 0 aliphatic carbocycles. The van der Waals surface area contributed by atoms with Crippen molar-refractivity contribution >= 4 is 11.6 Å². The minimum Gasteiger partial charge on any atom is -0.496 e. The summed E-state index contributed by atoms with van der Waals surface area (Å²) in [5.41, 5.74) is 2.33. The fourth-order valence-electron chi connectivity index (χ4n) is 2.46. The normalized spacial score (nSPS) is 12.1. The van der Waals surface area contributed by atoms with Gasteiger partial charge in [0.15, 0.2) is 0 Å². The molecule has 0 bridgehead atoms. The Morgan fingerprint density at radius 3 is 2.52 bits per heavy atom. The van der Waals surface area contributed by atoms with Gasteiger partial charge in [-0.1, -0.05) is 54.9 Å². The molecule has 0 radical (unpaired) electrons. The average Bonchev–Trinajstić information content (AvgIpc) is 2.52. The number of rotatable bonds is 7. The Labute approximate surface area is 132 Å². The van der Waals surface area contributed by atoms with E-state index < -0.39 is 0 Å². The Bertz CT molecular complexity index is 571. The third-order valence-electron chi connectivity index (χ3n) is 3.54. The minimum absolute atomic E-state index is 0.190. The van der Waals surface area contributed by atoms with E-state index in [4.69, 9.17) is 16.3 Å². The molecule has 2 aromatic rings. The zero-order valence-electron chi connectivity index (χ0n) is 12.6. The van der Waals surface area contributed by atoms with Crippen molar-refractivity contribution < 1.29 is 4.74 Å². The smallest absolute Gasteiger partial charge is 0.122 e. The Balaban J connectivity index is 2.26. The van der Waals surface area contributed by atoms with Gasteiger partial charge in [-0.2, -0.15) is 0 Å². The van der Waals surface area contributed by atoms with Crippen molar-refractivity contribution in [3.05, 3.63) is 64.7 Å². The van der Waals surface area contributed by atoms with E-state index >= 15 is 0 Å². The second-order valence-electron chi connectivity index (χ2n) is 5.04. The fourth-order valence-corrected chi connectivity index (χ4v) is 2.73. The predicted molar refractivity (Wildman–Crippen MR) is 89.2 cm³/mol. The molecule has 1 N–H and O–H groups in total. The SMILES string of the molecule is CCCNC(Cc1ccccc1OC)c1ccccc1Cl. The van der Waals surface area contributed by atoms with Gasteiger partial charge in [-0.15, -0.1) is 0 Å². The van der Waals surface area contributed by atoms with E-state index in [1.54, 1.807) is 7.11 Å². The Morgan fingerprint density at radius 1 is 1.10 bits per heavy atom. The molecule has 0 aliphatic heterocycles. The Hall–Kier alpha value is -1.51. The van der Waals surface area contributed by atoms with Gasteiger partial charge in [0, 0.05) is 11.1 Å². The van der Waals surface area contributed by atoms with E-state index in [-0.39, 0.29) is 6.04 Å². The van der Waals surface area contributed by atoms with Crippen LogP contribution in [0.2, 0.25) is 5.02 Å². The number of methoxy groups -OCH3 is 1. The van der Waals surface area contributed by atoms with E-state index in [9.17, 15) is 0 Å². The number of benzene rings is 2. The molecule has 1 unspecified atom stereocenters. The van der Waals surface area contributed by atoms with Crippen molar-refractivity contribution in [3.63, 3.8) is 0 Å². The quantitative estimate of drug-likeness (QED) is 0.805. The first-order chi connectivity index (χ1) is 10.3. The van der Waals surface area contributed by atoms with Crippen LogP contribution in [0.5, 0.6) is 5.75 Å². The van der Waals surface area contributed by atoms with Crippen molar-refractivity contribution in [1.29, 1.82) is 0 Å². The first-order valence-electron chi connectivity index (χ1n) is 7.36. The number of hydrogen-bond acceptors (Lipinski definition) is 2. The van der Waals surface area contributed by atoms with Crippen LogP contribution in [0.25, 0.3) is 0 Å². The van der Waals surface area contributed by atoms with E-state index in [1.165, 1.54) is 5.56 Å². The van der Waals surface area contributed by atoms with Gasteiger partial charge in [0.05, 0.1) is 7.11 Å². The highest BCUT2D eigenvalue weighted by atomic mass is 35.5. The molecule has 0 fully saturated rings. The number of ether oxygens (including phenoxy) is 1. The van der Waals surface area contributed by atoms with Gasteiger partial charge in [-0.25, -0.2) is 0 Å². The minimum atomic E-state index is 0.190. The van der Waals surface area contributed by atoms with Crippen molar-refractivity contribution in [2.45, 2.75) is 25.8 Å². The van der Waals surface area contributed by atoms with Gasteiger partial charge in [0.2, 0.25) is 0 Å². The summed E-state index contributed by atoms with van der Waals surface area (Å²) in [6.45, 7) is 3.13. The van der Waals surface area contributed by atoms with E-state index in [1.807, 2.05) is 36.4 Å². The summed E-state index contributed by atoms with van der Waals surface area (Å²) in [6.07, 6.45) is 1.95. The van der Waals surface area contributed by atoms with E-state index in [0.717, 1.165) is 35.7 Å². The highest BCUT2D eigenvalue weighted by Gasteiger charge is 2.16. The summed E-state index contributed by atoms with van der Waals surface area (Å²) in [7, 11) is 1.71. The molecular formula is C18H22ClNO. The zero-order chi connectivity index (χ0) is 15.1. The first-order valence-corrected chi connectivity index (χ1v) is 7.73. The van der Waals surface area contributed by atoms with Gasteiger partial charge in [0.25, 0.3) is 0 Å². The Morgan fingerprint density at radius 2 is 1.81 bits per heavy atom. The second-order valence-corrected chi connectivity index (χ2v) is 5.45. The molecule has 2 aromatic carbocycles. The van der Waals surface area contributed by atoms with E-state index in [0.29, 0.717) is 0 Å². The number of para-hydroxylation sites is 1. The van der Waals surface area contributed by atoms with Crippen LogP contribution in [0.4, 0.5) is 0 Å². The van der Waals surface area contributed by atoms with Crippen LogP contribution in [0.1, 0.15) is 30.5 Å². The largest absolute Gasteiger partial charge is 0.496 e. The highest BCUT2D eigenvalue weighted by Crippen LogP contribution is 2.28. The molecule has 0 aliphatic rings. The van der Waals surface area contributed by atoms with Crippen LogP contribution >= 0.6 is 11.6 Å². The molecular weight excluding hydrogens is 282 g/mol. The van der Waals surface area contributed by atoms with Gasteiger partial charge in [0.1, 0.15) is 5.75 Å². The molecule has 0 amide bonds. The molecule has 0 saturated heterocycles. The lowest BCUT2D eigenvalue weighted by Crippen LogP contribution is -2.24. The van der Waals surface area contributed by atoms with E-state index in [2.05, 4.69) is 24.4 Å². The molecule has 3 heteroatoms. The van der Waals surface area contributed by atoms with Gasteiger partial charge in [-0.05, 0) is 42.6 Å². The average molecular weight is 304 g/mol. The van der Waals surface area contributed by atoms with Crippen LogP contribution in [0.15, 0.2) is 48.5 Å². The molecule has 0 saturated carbocycles. The summed E-state index contributed by atoms with van der Waals surface area (Å²) in [6, 6.07) is 16.4. The monoisotopic (exact) mass is 303 g/mol. The third-order valence-corrected chi connectivity index (χ3v) is 3.88. The molecule has 2 nitrogen and oxygen atoms in total. The van der Waals surface area contributed by atoms with Crippen molar-refractivity contribution in [2.75, 3.05) is 13.7 Å². The topological polar surface area (TPSA) is 21.3 Å². The predicted octanol–water partition coefficient (Wildman–Crippen LogP) is 4.63. The number of halogens is 1. The molecule has 0 heterocycles. The summed E-state index contributed by atoms with van der Waals surface area (Å²) >= 11 is 6.37. The summed E-state index contributed by atoms with van der Waals surface area (Å²) < 4.78 is 5.46. The van der Waals surface area contributed by atoms with Crippen LogP contribution in [-0.2, 0) is 6.42 Å². The van der Waals surface area contributed by atoms with Gasteiger partial charge in [-0.3, -0.25) is 0 Å². The summed E-state index contributed by atoms with van der Waals surface area (Å²) in [4.78, 5) is 0. The van der Waals surface area contributed by atoms with Gasteiger partial charge >= 0.3 is 0 Å². The van der Waals surface area contributed by atoms with Crippen molar-refractivity contribution in [1.82, 2.24) is 5.32 Å². The zero-order valence-corrected chi connectivity index (χ0v) is 13.4. The maximum absolute atomic E-state index is 6.37. The maximum Gasteiger partial charge on any atom is 0.122 e. The summed E-state index contributed by atoms with van der Waals surface area (Å²) in [5.74, 6) is 0.924. The lowest BCUT2D eigenvalue weighted by Gasteiger charge is -2.21. The van der Waals surface area contributed by atoms with Crippen LogP contribution in [0, 0.1) is 0 Å². The maximum atomic E-state index is 6.37. The molecule has 112 valence electrons. The molecule has 1 atom stereocenters. The standard InChI is InChI=1S/C18H22ClNO/c1-3-12-20-17(15-9-5-6-10-16(15)19)13-14-8-4-7-11-18(14)21-2/h4-11,17,20H,3,12-13H2,1-2H3. The molecule has 2 rings (SSSR count). The fraction of sp³-hybridized carbons (Fsp3) is 0.333. The van der Waals surface area contributed by atoms with Crippen LogP contribution in [0.3, 0.4) is 0 Å². The first kappa shape index (κ1) is 15.9. The number of nitrogens with one attached hydrogen (secondary N) is 1. The highest BCUT2D eigenvalue weighted by molar-refractivity contribution is 6.31. The third kappa shape index (κ3) is 4.23. The lowest BCUT2D eigenvalue weighted by atomic mass is 9.98. The molecule has 21 heavy (non-hydrogen) atoms. The second kappa shape index (κ2) is 8.06. The van der Waals surface area contributed by atoms with Crippen molar-refractivity contribution in [2.24, 2.45) is 0 Å². The number of hydrogen-bond donors (Lipinski definition) is 1. The van der Waals surface area contributed by atoms with Crippen molar-refractivity contribution in [3.8, 4) is 5.75 Å². The van der Waals surface area contributed by atoms with Crippen LogP contribution < -0.4 is 10.1 Å². The summed E-state index contributed by atoms with van der Waals surface area (Å²) in [5, 5.41) is 4.39.